The van der Waals surface area contributed by atoms with Gasteiger partial charge in [-0.2, -0.15) is 0 Å². The number of fused-ring (bicyclic) bond motifs is 2. The van der Waals surface area contributed by atoms with E-state index in [1.807, 2.05) is 0 Å². The highest BCUT2D eigenvalue weighted by atomic mass is 16.5. The fraction of sp³-hybridized carbons (Fsp3) is 0.625. The number of ether oxygens (including phenoxy) is 1. The molecule has 0 spiro atoms. The maximum atomic E-state index is 6.19. The van der Waals surface area contributed by atoms with Crippen molar-refractivity contribution in [1.82, 2.24) is 5.32 Å². The molecule has 2 fully saturated rings. The second-order valence-corrected chi connectivity index (χ2v) is 5.95. The van der Waals surface area contributed by atoms with Crippen molar-refractivity contribution < 1.29 is 4.74 Å². The van der Waals surface area contributed by atoms with E-state index in [-0.39, 0.29) is 0 Å². The van der Waals surface area contributed by atoms with Crippen LogP contribution in [0.4, 0.5) is 0 Å². The molecule has 1 aromatic carbocycles. The van der Waals surface area contributed by atoms with Gasteiger partial charge in [0.2, 0.25) is 0 Å². The molecule has 0 radical (unpaired) electrons. The number of aryl methyl sites for hydroxylation is 2. The van der Waals surface area contributed by atoms with Crippen LogP contribution in [0.15, 0.2) is 18.2 Å². The molecule has 0 aliphatic carbocycles. The van der Waals surface area contributed by atoms with Gasteiger partial charge >= 0.3 is 0 Å². The second-order valence-electron chi connectivity index (χ2n) is 5.95. The van der Waals surface area contributed by atoms with Crippen molar-refractivity contribution in [3.63, 3.8) is 0 Å². The molecule has 3 atom stereocenters. The molecule has 18 heavy (non-hydrogen) atoms. The van der Waals surface area contributed by atoms with E-state index in [4.69, 9.17) is 4.74 Å². The molecule has 2 heterocycles. The summed E-state index contributed by atoms with van der Waals surface area (Å²) in [4.78, 5) is 0. The zero-order valence-corrected chi connectivity index (χ0v) is 11.4. The van der Waals surface area contributed by atoms with Crippen LogP contribution in [-0.4, -0.2) is 18.2 Å². The first-order valence-electron chi connectivity index (χ1n) is 7.20. The smallest absolute Gasteiger partial charge is 0.120 e. The first kappa shape index (κ1) is 12.0. The SMILES string of the molecule is Cc1ccc(O[C@@H]2C[C@H]3CCC[C@@H](C2)N3)cc1C. The third kappa shape index (κ3) is 2.54. The standard InChI is InChI=1S/C16H23NO/c1-11-6-7-15(8-12(11)2)18-16-9-13-4-3-5-14(10-16)17-13/h6-8,13-14,16-17H,3-5,9-10H2,1-2H3/t13-,14+,16-. The van der Waals surface area contributed by atoms with Crippen LogP contribution in [0.1, 0.15) is 43.2 Å². The summed E-state index contributed by atoms with van der Waals surface area (Å²) in [6.07, 6.45) is 6.78. The topological polar surface area (TPSA) is 21.3 Å². The maximum Gasteiger partial charge on any atom is 0.120 e. The van der Waals surface area contributed by atoms with Gasteiger partial charge in [-0.3, -0.25) is 0 Å². The van der Waals surface area contributed by atoms with Gasteiger partial charge < -0.3 is 10.1 Å². The summed E-state index contributed by atoms with van der Waals surface area (Å²) in [6.45, 7) is 4.30. The van der Waals surface area contributed by atoms with Gasteiger partial charge in [-0.1, -0.05) is 12.5 Å². The van der Waals surface area contributed by atoms with Crippen LogP contribution in [0, 0.1) is 13.8 Å². The largest absolute Gasteiger partial charge is 0.490 e. The van der Waals surface area contributed by atoms with Crippen LogP contribution in [0.3, 0.4) is 0 Å². The molecule has 98 valence electrons. The number of piperidine rings is 2. The van der Waals surface area contributed by atoms with Crippen molar-refractivity contribution in [3.8, 4) is 5.75 Å². The molecule has 3 rings (SSSR count). The van der Waals surface area contributed by atoms with Crippen molar-refractivity contribution in [2.24, 2.45) is 0 Å². The van der Waals surface area contributed by atoms with Crippen LogP contribution in [0.2, 0.25) is 0 Å². The summed E-state index contributed by atoms with van der Waals surface area (Å²) >= 11 is 0. The Bertz CT molecular complexity index is 417. The molecule has 1 aromatic rings. The Morgan fingerprint density at radius 2 is 1.78 bits per heavy atom. The Morgan fingerprint density at radius 3 is 2.44 bits per heavy atom. The molecule has 0 unspecified atom stereocenters. The zero-order chi connectivity index (χ0) is 12.5. The average molecular weight is 245 g/mol. The molecular weight excluding hydrogens is 222 g/mol. The lowest BCUT2D eigenvalue weighted by Gasteiger charge is -2.40. The number of hydrogen-bond donors (Lipinski definition) is 1. The Morgan fingerprint density at radius 1 is 1.06 bits per heavy atom. The maximum absolute atomic E-state index is 6.19. The van der Waals surface area contributed by atoms with Crippen LogP contribution in [0.25, 0.3) is 0 Å². The molecular formula is C16H23NO. The number of rotatable bonds is 2. The van der Waals surface area contributed by atoms with Gasteiger partial charge in [0.25, 0.3) is 0 Å². The van der Waals surface area contributed by atoms with Gasteiger partial charge in [-0.15, -0.1) is 0 Å². The average Bonchev–Trinajstić information content (AvgIpc) is 2.33. The molecule has 1 N–H and O–H groups in total. The highest BCUT2D eigenvalue weighted by Gasteiger charge is 2.32. The Hall–Kier alpha value is -1.02. The number of hydrogen-bond acceptors (Lipinski definition) is 2. The van der Waals surface area contributed by atoms with Crippen molar-refractivity contribution in [2.45, 2.75) is 64.1 Å². The van der Waals surface area contributed by atoms with Crippen LogP contribution in [-0.2, 0) is 0 Å². The van der Waals surface area contributed by atoms with E-state index in [1.54, 1.807) is 0 Å². The molecule has 2 heteroatoms. The first-order valence-corrected chi connectivity index (χ1v) is 7.20. The molecule has 2 saturated heterocycles. The minimum Gasteiger partial charge on any atom is -0.490 e. The van der Waals surface area contributed by atoms with Gasteiger partial charge in [0.15, 0.2) is 0 Å². The quantitative estimate of drug-likeness (QED) is 0.862. The minimum atomic E-state index is 0.406. The third-order valence-electron chi connectivity index (χ3n) is 4.45. The van der Waals surface area contributed by atoms with E-state index in [0.29, 0.717) is 18.2 Å². The van der Waals surface area contributed by atoms with E-state index in [0.717, 1.165) is 5.75 Å². The Balaban J connectivity index is 1.67. The van der Waals surface area contributed by atoms with Crippen molar-refractivity contribution in [1.29, 1.82) is 0 Å². The van der Waals surface area contributed by atoms with E-state index < -0.39 is 0 Å². The fourth-order valence-corrected chi connectivity index (χ4v) is 3.29. The predicted molar refractivity (Wildman–Crippen MR) is 74.1 cm³/mol. The molecule has 0 aromatic heterocycles. The van der Waals surface area contributed by atoms with E-state index >= 15 is 0 Å². The summed E-state index contributed by atoms with van der Waals surface area (Å²) in [6, 6.07) is 7.82. The second kappa shape index (κ2) is 4.93. The fourth-order valence-electron chi connectivity index (χ4n) is 3.29. The molecule has 2 nitrogen and oxygen atoms in total. The molecule has 0 amide bonds. The first-order chi connectivity index (χ1) is 8.70. The van der Waals surface area contributed by atoms with Crippen molar-refractivity contribution in [2.75, 3.05) is 0 Å². The van der Waals surface area contributed by atoms with Crippen LogP contribution in [0.5, 0.6) is 5.75 Å². The monoisotopic (exact) mass is 245 g/mol. The lowest BCUT2D eigenvalue weighted by Crippen LogP contribution is -2.51. The zero-order valence-electron chi connectivity index (χ0n) is 11.4. The summed E-state index contributed by atoms with van der Waals surface area (Å²) < 4.78 is 6.19. The number of nitrogens with one attached hydrogen (secondary N) is 1. The summed E-state index contributed by atoms with van der Waals surface area (Å²) in [5.74, 6) is 1.04. The summed E-state index contributed by atoms with van der Waals surface area (Å²) in [5, 5.41) is 3.71. The van der Waals surface area contributed by atoms with Crippen LogP contribution < -0.4 is 10.1 Å². The number of benzene rings is 1. The van der Waals surface area contributed by atoms with Gasteiger partial charge in [0, 0.05) is 12.1 Å². The lowest BCUT2D eigenvalue weighted by molar-refractivity contribution is 0.0927. The van der Waals surface area contributed by atoms with Gasteiger partial charge in [0.1, 0.15) is 11.9 Å². The summed E-state index contributed by atoms with van der Waals surface area (Å²) in [7, 11) is 0. The lowest BCUT2D eigenvalue weighted by atomic mass is 9.85. The normalized spacial score (nSPS) is 31.1. The minimum absolute atomic E-state index is 0.406. The molecule has 2 aliphatic heterocycles. The van der Waals surface area contributed by atoms with E-state index in [1.165, 1.54) is 43.2 Å². The van der Waals surface area contributed by atoms with Gasteiger partial charge in [-0.25, -0.2) is 0 Å². The predicted octanol–water partition coefficient (Wildman–Crippen LogP) is 3.36. The van der Waals surface area contributed by atoms with Gasteiger partial charge in [0.05, 0.1) is 0 Å². The van der Waals surface area contributed by atoms with Gasteiger partial charge in [-0.05, 0) is 62.8 Å². The third-order valence-corrected chi connectivity index (χ3v) is 4.45. The van der Waals surface area contributed by atoms with E-state index in [2.05, 4.69) is 37.4 Å². The van der Waals surface area contributed by atoms with Crippen molar-refractivity contribution >= 4 is 0 Å². The molecule has 0 saturated carbocycles. The highest BCUT2D eigenvalue weighted by molar-refractivity contribution is 5.34. The molecule has 2 bridgehead atoms. The summed E-state index contributed by atoms with van der Waals surface area (Å²) in [5.41, 5.74) is 2.66. The molecule has 2 aliphatic rings. The van der Waals surface area contributed by atoms with Crippen molar-refractivity contribution in [3.05, 3.63) is 29.3 Å². The van der Waals surface area contributed by atoms with Crippen LogP contribution >= 0.6 is 0 Å². The highest BCUT2D eigenvalue weighted by Crippen LogP contribution is 2.29. The Labute approximate surface area is 110 Å². The van der Waals surface area contributed by atoms with E-state index in [9.17, 15) is 0 Å². The Kier molecular flexibility index (Phi) is 3.29.